The second-order valence-corrected chi connectivity index (χ2v) is 15.9. The van der Waals surface area contributed by atoms with Crippen LogP contribution in [0.2, 0.25) is 0 Å². The second-order valence-electron chi connectivity index (χ2n) is 15.9. The van der Waals surface area contributed by atoms with Crippen molar-refractivity contribution in [3.8, 4) is 0 Å². The van der Waals surface area contributed by atoms with Gasteiger partial charge in [-0.2, -0.15) is 0 Å². The summed E-state index contributed by atoms with van der Waals surface area (Å²) in [5.74, 6) is 7.88. The van der Waals surface area contributed by atoms with Crippen molar-refractivity contribution in [3.05, 3.63) is 0 Å². The Bertz CT molecular complexity index is 666. The van der Waals surface area contributed by atoms with E-state index in [0.29, 0.717) is 10.8 Å². The maximum Gasteiger partial charge on any atom is 0.00673 e. The molecule has 0 aliphatic heterocycles. The van der Waals surface area contributed by atoms with E-state index in [1.165, 1.54) is 90.1 Å². The third kappa shape index (κ3) is 6.30. The van der Waals surface area contributed by atoms with Crippen LogP contribution in [0.15, 0.2) is 0 Å². The lowest BCUT2D eigenvalue weighted by molar-refractivity contribution is 0.0988. The van der Waals surface area contributed by atoms with Crippen LogP contribution in [-0.2, 0) is 0 Å². The molecular weight excluding hydrogens is 450 g/mol. The molecule has 6 atom stereocenters. The molecule has 3 nitrogen and oxygen atoms in total. The molecule has 5 fully saturated rings. The normalized spacial score (nSPS) is 40.5. The lowest BCUT2D eigenvalue weighted by Crippen LogP contribution is -2.38. The zero-order chi connectivity index (χ0) is 26.0. The molecule has 37 heavy (non-hydrogen) atoms. The standard InChI is InChI=1S/C34H63N3/c1-33(2)28-12-10-26(20-28)31(33)16-14-30(15-17-32-27-11-13-29(21-27)34(32,3)4)37-23-25-8-6-24(7-9-25)22-36-19-5-18-35/h24-32,36-37H,5-23,35H2,1-4H3. The summed E-state index contributed by atoms with van der Waals surface area (Å²) in [5, 5.41) is 7.87. The molecule has 0 heterocycles. The molecule has 5 aliphatic rings. The Labute approximate surface area is 230 Å². The Balaban J connectivity index is 1.11. The van der Waals surface area contributed by atoms with E-state index in [1.807, 2.05) is 0 Å². The van der Waals surface area contributed by atoms with E-state index in [4.69, 9.17) is 5.73 Å². The molecule has 0 saturated heterocycles. The van der Waals surface area contributed by atoms with Gasteiger partial charge < -0.3 is 16.4 Å². The van der Waals surface area contributed by atoms with Crippen LogP contribution in [0.3, 0.4) is 0 Å². The summed E-state index contributed by atoms with van der Waals surface area (Å²) in [6.07, 6.45) is 21.8. The molecule has 5 saturated carbocycles. The Kier molecular flexibility index (Phi) is 9.35. The first kappa shape index (κ1) is 28.4. The van der Waals surface area contributed by atoms with Crippen LogP contribution in [0, 0.1) is 58.2 Å². The van der Waals surface area contributed by atoms with Gasteiger partial charge in [-0.05, 0) is 181 Å². The summed E-state index contributed by atoms with van der Waals surface area (Å²) >= 11 is 0. The first-order chi connectivity index (χ1) is 17.8. The third-order valence-corrected chi connectivity index (χ3v) is 13.4. The summed E-state index contributed by atoms with van der Waals surface area (Å²) in [6, 6.07) is 0.750. The highest BCUT2D eigenvalue weighted by Gasteiger charge is 2.53. The molecule has 0 amide bonds. The summed E-state index contributed by atoms with van der Waals surface area (Å²) < 4.78 is 0. The number of nitrogens with one attached hydrogen (secondary N) is 2. The summed E-state index contributed by atoms with van der Waals surface area (Å²) in [6.45, 7) is 14.9. The minimum absolute atomic E-state index is 0.594. The second kappa shape index (κ2) is 12.2. The topological polar surface area (TPSA) is 50.1 Å². The monoisotopic (exact) mass is 514 g/mol. The van der Waals surface area contributed by atoms with Gasteiger partial charge in [0, 0.05) is 6.04 Å². The van der Waals surface area contributed by atoms with Crippen molar-refractivity contribution in [2.45, 2.75) is 130 Å². The van der Waals surface area contributed by atoms with Gasteiger partial charge in [0.25, 0.3) is 0 Å². The van der Waals surface area contributed by atoms with Gasteiger partial charge in [0.2, 0.25) is 0 Å². The minimum atomic E-state index is 0.594. The van der Waals surface area contributed by atoms with Gasteiger partial charge in [0.05, 0.1) is 0 Å². The quantitative estimate of drug-likeness (QED) is 0.212. The highest BCUT2D eigenvalue weighted by molar-refractivity contribution is 5.03. The lowest BCUT2D eigenvalue weighted by Gasteiger charge is -2.40. The van der Waals surface area contributed by atoms with Crippen LogP contribution < -0.4 is 16.4 Å². The molecule has 4 N–H and O–H groups in total. The van der Waals surface area contributed by atoms with E-state index in [0.717, 1.165) is 72.9 Å². The average Bonchev–Trinajstić information content (AvgIpc) is 3.64. The average molecular weight is 514 g/mol. The highest BCUT2D eigenvalue weighted by Crippen LogP contribution is 2.62. The Morgan fingerprint density at radius 2 is 1.22 bits per heavy atom. The molecule has 5 aliphatic carbocycles. The zero-order valence-corrected chi connectivity index (χ0v) is 25.2. The first-order valence-corrected chi connectivity index (χ1v) is 16.9. The molecule has 5 rings (SSSR count). The number of hydrogen-bond acceptors (Lipinski definition) is 3. The molecule has 0 radical (unpaired) electrons. The largest absolute Gasteiger partial charge is 0.330 e. The van der Waals surface area contributed by atoms with Crippen LogP contribution in [0.4, 0.5) is 0 Å². The van der Waals surface area contributed by atoms with Crippen molar-refractivity contribution >= 4 is 0 Å². The maximum atomic E-state index is 5.65. The molecular formula is C34H63N3. The fourth-order valence-electron chi connectivity index (χ4n) is 10.8. The van der Waals surface area contributed by atoms with Crippen LogP contribution in [0.5, 0.6) is 0 Å². The number of rotatable bonds is 14. The van der Waals surface area contributed by atoms with Crippen molar-refractivity contribution in [3.63, 3.8) is 0 Å². The van der Waals surface area contributed by atoms with Gasteiger partial charge in [-0.15, -0.1) is 0 Å². The van der Waals surface area contributed by atoms with E-state index in [2.05, 4.69) is 38.3 Å². The van der Waals surface area contributed by atoms with Crippen LogP contribution >= 0.6 is 0 Å². The van der Waals surface area contributed by atoms with Gasteiger partial charge in [-0.1, -0.05) is 27.7 Å². The molecule has 3 heteroatoms. The fraction of sp³-hybridized carbons (Fsp3) is 1.00. The zero-order valence-electron chi connectivity index (χ0n) is 25.2. The van der Waals surface area contributed by atoms with Crippen molar-refractivity contribution in [2.75, 3.05) is 26.2 Å². The van der Waals surface area contributed by atoms with E-state index in [9.17, 15) is 0 Å². The Morgan fingerprint density at radius 1 is 0.703 bits per heavy atom. The predicted octanol–water partition coefficient (Wildman–Crippen LogP) is 7.39. The van der Waals surface area contributed by atoms with Gasteiger partial charge >= 0.3 is 0 Å². The molecule has 6 unspecified atom stereocenters. The fourth-order valence-corrected chi connectivity index (χ4v) is 10.8. The summed E-state index contributed by atoms with van der Waals surface area (Å²) in [7, 11) is 0. The Hall–Kier alpha value is -0.120. The molecule has 4 bridgehead atoms. The first-order valence-electron chi connectivity index (χ1n) is 16.9. The van der Waals surface area contributed by atoms with Gasteiger partial charge in [-0.25, -0.2) is 0 Å². The van der Waals surface area contributed by atoms with Crippen LogP contribution in [0.25, 0.3) is 0 Å². The molecule has 0 aromatic heterocycles. The molecule has 214 valence electrons. The van der Waals surface area contributed by atoms with E-state index in [1.54, 1.807) is 12.8 Å². The highest BCUT2D eigenvalue weighted by atomic mass is 14.9. The van der Waals surface area contributed by atoms with Crippen LogP contribution in [0.1, 0.15) is 124 Å². The maximum absolute atomic E-state index is 5.65. The van der Waals surface area contributed by atoms with Gasteiger partial charge in [0.15, 0.2) is 0 Å². The van der Waals surface area contributed by atoms with E-state index in [-0.39, 0.29) is 0 Å². The number of fused-ring (bicyclic) bond motifs is 4. The predicted molar refractivity (Wildman–Crippen MR) is 158 cm³/mol. The lowest BCUT2D eigenvalue weighted by atomic mass is 9.66. The molecule has 0 spiro atoms. The smallest absolute Gasteiger partial charge is 0.00673 e. The van der Waals surface area contributed by atoms with Crippen LogP contribution in [-0.4, -0.2) is 32.2 Å². The Morgan fingerprint density at radius 3 is 1.68 bits per heavy atom. The third-order valence-electron chi connectivity index (χ3n) is 13.4. The van der Waals surface area contributed by atoms with Gasteiger partial charge in [-0.3, -0.25) is 0 Å². The van der Waals surface area contributed by atoms with Gasteiger partial charge in [0.1, 0.15) is 0 Å². The summed E-state index contributed by atoms with van der Waals surface area (Å²) in [5.41, 5.74) is 6.84. The SMILES string of the molecule is CC1(C)C2CCC(C2)C1CCC(CCC1C2CCC(C2)C1(C)C)NCC1CCC(CNCCCN)CC1. The van der Waals surface area contributed by atoms with Crippen molar-refractivity contribution in [2.24, 2.45) is 63.9 Å². The van der Waals surface area contributed by atoms with Crippen molar-refractivity contribution in [1.29, 1.82) is 0 Å². The van der Waals surface area contributed by atoms with Crippen molar-refractivity contribution < 1.29 is 0 Å². The number of hydrogen-bond donors (Lipinski definition) is 3. The van der Waals surface area contributed by atoms with E-state index >= 15 is 0 Å². The molecule has 0 aromatic rings. The number of nitrogens with two attached hydrogens (primary N) is 1. The van der Waals surface area contributed by atoms with Crippen molar-refractivity contribution in [1.82, 2.24) is 10.6 Å². The molecule has 0 aromatic carbocycles. The van der Waals surface area contributed by atoms with E-state index < -0.39 is 0 Å². The summed E-state index contributed by atoms with van der Waals surface area (Å²) in [4.78, 5) is 0. The minimum Gasteiger partial charge on any atom is -0.330 e.